The Balaban J connectivity index is 1.66. The van der Waals surface area contributed by atoms with E-state index in [9.17, 15) is 13.7 Å². The summed E-state index contributed by atoms with van der Waals surface area (Å²) in [6, 6.07) is 24.1. The number of nitriles is 1. The van der Waals surface area contributed by atoms with Crippen molar-refractivity contribution in [3.8, 4) is 6.07 Å². The Morgan fingerprint density at radius 2 is 1.68 bits per heavy atom. The van der Waals surface area contributed by atoms with Crippen LogP contribution >= 0.6 is 11.6 Å². The summed E-state index contributed by atoms with van der Waals surface area (Å²) in [6.07, 6.45) is 1.90. The first-order valence-electron chi connectivity index (χ1n) is 9.74. The maximum absolute atomic E-state index is 12.9. The van der Waals surface area contributed by atoms with Crippen LogP contribution in [-0.2, 0) is 15.8 Å². The first-order valence-corrected chi connectivity index (χ1v) is 11.8. The number of hydrogen-bond donors (Lipinski definition) is 2. The van der Waals surface area contributed by atoms with Crippen molar-refractivity contribution in [3.63, 3.8) is 0 Å². The van der Waals surface area contributed by atoms with Gasteiger partial charge in [0.25, 0.3) is 0 Å². The number of nitrogens with one attached hydrogen (secondary N) is 2. The minimum Gasteiger partial charge on any atom is -0.361 e. The second-order valence-electron chi connectivity index (χ2n) is 7.24. The van der Waals surface area contributed by atoms with Crippen LogP contribution in [0.4, 0.5) is 0 Å². The molecule has 0 aliphatic carbocycles. The molecule has 0 spiro atoms. The number of halogens is 1. The normalized spacial score (nSPS) is 12.5. The predicted octanol–water partition coefficient (Wildman–Crippen LogP) is 4.94. The van der Waals surface area contributed by atoms with Gasteiger partial charge in [0.05, 0.1) is 17.4 Å². The monoisotopic (exact) mass is 449 g/mol. The van der Waals surface area contributed by atoms with Gasteiger partial charge in [-0.3, -0.25) is 0 Å². The Bertz CT molecular complexity index is 1370. The van der Waals surface area contributed by atoms with E-state index in [4.69, 9.17) is 11.6 Å². The van der Waals surface area contributed by atoms with Crippen molar-refractivity contribution < 1.29 is 8.42 Å². The molecule has 1 atom stereocenters. The topological polar surface area (TPSA) is 85.8 Å². The quantitative estimate of drug-likeness (QED) is 0.418. The molecule has 0 fully saturated rings. The number of aromatic nitrogens is 1. The Morgan fingerprint density at radius 3 is 2.48 bits per heavy atom. The molecule has 2 N–H and O–H groups in total. The van der Waals surface area contributed by atoms with Gasteiger partial charge in [-0.25, -0.2) is 13.1 Å². The smallest absolute Gasteiger partial charge is 0.215 e. The van der Waals surface area contributed by atoms with E-state index < -0.39 is 10.0 Å². The molecule has 1 heterocycles. The van der Waals surface area contributed by atoms with Crippen LogP contribution in [0.15, 0.2) is 79.0 Å². The zero-order valence-corrected chi connectivity index (χ0v) is 18.1. The molecule has 0 amide bonds. The molecule has 5 nitrogen and oxygen atoms in total. The number of para-hydroxylation sites is 1. The van der Waals surface area contributed by atoms with Gasteiger partial charge >= 0.3 is 0 Å². The fraction of sp³-hybridized carbons (Fsp3) is 0.125. The summed E-state index contributed by atoms with van der Waals surface area (Å²) in [7, 11) is -3.68. The lowest BCUT2D eigenvalue weighted by molar-refractivity contribution is 0.577. The lowest BCUT2D eigenvalue weighted by atomic mass is 9.91. The molecular weight excluding hydrogens is 430 g/mol. The Labute approximate surface area is 186 Å². The minimum absolute atomic E-state index is 0.142. The number of aromatic amines is 1. The number of benzene rings is 3. The van der Waals surface area contributed by atoms with E-state index in [1.807, 2.05) is 54.7 Å². The highest BCUT2D eigenvalue weighted by atomic mass is 35.5. The molecule has 0 aliphatic heterocycles. The maximum atomic E-state index is 12.9. The predicted molar refractivity (Wildman–Crippen MR) is 123 cm³/mol. The molecule has 0 bridgehead atoms. The lowest BCUT2D eigenvalue weighted by Crippen LogP contribution is -2.30. The van der Waals surface area contributed by atoms with E-state index in [-0.39, 0.29) is 18.2 Å². The molecule has 4 rings (SSSR count). The standard InChI is InChI=1S/C24H20ClN3O2S/c25-23-11-5-3-9-19(23)22(21-14-27-24-12-6-4-10-20(21)24)15-28-31(29,30)16-18-8-2-1-7-17(18)13-26/h1-12,14,22,27-28H,15-16H2/t22-/m0/s1. The van der Waals surface area contributed by atoms with Gasteiger partial charge in [-0.05, 0) is 34.9 Å². The molecule has 1 aromatic heterocycles. The molecule has 0 saturated heterocycles. The van der Waals surface area contributed by atoms with Crippen LogP contribution in [0.3, 0.4) is 0 Å². The molecule has 0 saturated carbocycles. The average Bonchev–Trinajstić information content (AvgIpc) is 3.19. The number of fused-ring (bicyclic) bond motifs is 1. The second-order valence-corrected chi connectivity index (χ2v) is 9.45. The highest BCUT2D eigenvalue weighted by Gasteiger charge is 2.23. The van der Waals surface area contributed by atoms with Gasteiger partial charge in [0, 0.05) is 34.6 Å². The third-order valence-corrected chi connectivity index (χ3v) is 6.91. The van der Waals surface area contributed by atoms with Crippen molar-refractivity contribution in [3.05, 3.63) is 106 Å². The zero-order chi connectivity index (χ0) is 21.8. The molecule has 31 heavy (non-hydrogen) atoms. The van der Waals surface area contributed by atoms with Gasteiger partial charge in [0.15, 0.2) is 0 Å². The molecule has 7 heteroatoms. The van der Waals surface area contributed by atoms with E-state index in [1.165, 1.54) is 0 Å². The highest BCUT2D eigenvalue weighted by Crippen LogP contribution is 2.34. The van der Waals surface area contributed by atoms with Gasteiger partial charge in [-0.2, -0.15) is 5.26 Å². The Morgan fingerprint density at radius 1 is 0.968 bits per heavy atom. The SMILES string of the molecule is N#Cc1ccccc1CS(=O)(=O)NC[C@@H](c1ccccc1Cl)c1c[nH]c2ccccc12. The third kappa shape index (κ3) is 4.64. The largest absolute Gasteiger partial charge is 0.361 e. The molecule has 0 aliphatic rings. The van der Waals surface area contributed by atoms with Crippen molar-refractivity contribution in [1.29, 1.82) is 5.26 Å². The van der Waals surface area contributed by atoms with Crippen molar-refractivity contribution in [1.82, 2.24) is 9.71 Å². The van der Waals surface area contributed by atoms with Crippen LogP contribution in [0, 0.1) is 11.3 Å². The van der Waals surface area contributed by atoms with Gasteiger partial charge < -0.3 is 4.98 Å². The van der Waals surface area contributed by atoms with Crippen molar-refractivity contribution in [2.75, 3.05) is 6.54 Å². The van der Waals surface area contributed by atoms with Gasteiger partial charge in [-0.15, -0.1) is 0 Å². The summed E-state index contributed by atoms with van der Waals surface area (Å²) >= 11 is 6.48. The van der Waals surface area contributed by atoms with Crippen molar-refractivity contribution >= 4 is 32.5 Å². The fourth-order valence-corrected chi connectivity index (χ4v) is 5.20. The number of nitrogens with zero attached hydrogens (tertiary/aromatic N) is 1. The minimum atomic E-state index is -3.68. The lowest BCUT2D eigenvalue weighted by Gasteiger charge is -2.19. The van der Waals surface area contributed by atoms with Crippen LogP contribution in [0.25, 0.3) is 10.9 Å². The summed E-state index contributed by atoms with van der Waals surface area (Å²) in [5.74, 6) is -0.550. The van der Waals surface area contributed by atoms with Crippen LogP contribution in [0.5, 0.6) is 0 Å². The van der Waals surface area contributed by atoms with E-state index in [0.29, 0.717) is 16.1 Å². The Kier molecular flexibility index (Phi) is 6.10. The van der Waals surface area contributed by atoms with Crippen LogP contribution < -0.4 is 4.72 Å². The van der Waals surface area contributed by atoms with E-state index in [1.54, 1.807) is 30.3 Å². The molecule has 0 unspecified atom stereocenters. The molecule has 3 aromatic carbocycles. The zero-order valence-electron chi connectivity index (χ0n) is 16.5. The summed E-state index contributed by atoms with van der Waals surface area (Å²) in [5, 5.41) is 10.8. The van der Waals surface area contributed by atoms with E-state index in [0.717, 1.165) is 22.0 Å². The van der Waals surface area contributed by atoms with E-state index in [2.05, 4.69) is 9.71 Å². The third-order valence-electron chi connectivity index (χ3n) is 5.27. The number of hydrogen-bond acceptors (Lipinski definition) is 3. The van der Waals surface area contributed by atoms with Gasteiger partial charge in [0.2, 0.25) is 10.0 Å². The van der Waals surface area contributed by atoms with Crippen molar-refractivity contribution in [2.45, 2.75) is 11.7 Å². The van der Waals surface area contributed by atoms with Gasteiger partial charge in [0.1, 0.15) is 0 Å². The van der Waals surface area contributed by atoms with Crippen LogP contribution in [0.2, 0.25) is 5.02 Å². The Hall–Kier alpha value is -3.11. The summed E-state index contributed by atoms with van der Waals surface area (Å²) in [4.78, 5) is 3.25. The number of H-pyrrole nitrogens is 1. The number of sulfonamides is 1. The first-order chi connectivity index (χ1) is 15.0. The molecule has 4 aromatic rings. The summed E-state index contributed by atoms with van der Waals surface area (Å²) in [5.41, 5.74) is 3.60. The first kappa shape index (κ1) is 21.1. The molecular formula is C24H20ClN3O2S. The summed E-state index contributed by atoms with van der Waals surface area (Å²) < 4.78 is 28.4. The van der Waals surface area contributed by atoms with Crippen molar-refractivity contribution in [2.24, 2.45) is 0 Å². The molecule has 0 radical (unpaired) electrons. The van der Waals surface area contributed by atoms with Crippen LogP contribution in [-0.4, -0.2) is 19.9 Å². The molecule has 156 valence electrons. The van der Waals surface area contributed by atoms with Gasteiger partial charge in [-0.1, -0.05) is 66.2 Å². The second kappa shape index (κ2) is 8.94. The van der Waals surface area contributed by atoms with E-state index >= 15 is 0 Å². The maximum Gasteiger partial charge on any atom is 0.215 e. The van der Waals surface area contributed by atoms with Crippen LogP contribution in [0.1, 0.15) is 28.2 Å². The fourth-order valence-electron chi connectivity index (χ4n) is 3.75. The highest BCUT2D eigenvalue weighted by molar-refractivity contribution is 7.88. The average molecular weight is 450 g/mol. The summed E-state index contributed by atoms with van der Waals surface area (Å²) in [6.45, 7) is 0.142. The number of rotatable bonds is 7.